The normalized spacial score (nSPS) is 14.0. The minimum Gasteiger partial charge on any atom is -0.494 e. The Labute approximate surface area is 171 Å². The fourth-order valence-corrected chi connectivity index (χ4v) is 3.43. The molecule has 1 fully saturated rings. The molecule has 0 radical (unpaired) electrons. The molecule has 7 heteroatoms. The molecule has 0 aliphatic carbocycles. The zero-order chi connectivity index (χ0) is 20.1. The fourth-order valence-electron chi connectivity index (χ4n) is 3.43. The maximum atomic E-state index is 5.48. The van der Waals surface area contributed by atoms with E-state index in [1.807, 2.05) is 31.2 Å². The van der Waals surface area contributed by atoms with E-state index in [2.05, 4.69) is 61.5 Å². The van der Waals surface area contributed by atoms with Crippen LogP contribution in [0.5, 0.6) is 5.75 Å². The molecule has 2 heterocycles. The number of aryl methyl sites for hydroxylation is 1. The molecule has 1 aromatic heterocycles. The lowest BCUT2D eigenvalue weighted by atomic mass is 10.2. The van der Waals surface area contributed by atoms with E-state index >= 15 is 0 Å². The largest absolute Gasteiger partial charge is 0.494 e. The lowest BCUT2D eigenvalue weighted by molar-refractivity contribution is 0.340. The van der Waals surface area contributed by atoms with Crippen LogP contribution in [0.1, 0.15) is 12.5 Å². The summed E-state index contributed by atoms with van der Waals surface area (Å²) in [5.41, 5.74) is 3.49. The summed E-state index contributed by atoms with van der Waals surface area (Å²) in [6.07, 6.45) is 1.64. The van der Waals surface area contributed by atoms with Crippen LogP contribution in [0.4, 0.5) is 23.1 Å². The first kappa shape index (κ1) is 19.0. The van der Waals surface area contributed by atoms with Gasteiger partial charge in [-0.05, 0) is 55.8 Å². The molecule has 29 heavy (non-hydrogen) atoms. The van der Waals surface area contributed by atoms with Crippen molar-refractivity contribution in [2.75, 3.05) is 47.9 Å². The Bertz CT molecular complexity index is 938. The number of benzene rings is 2. The highest BCUT2D eigenvalue weighted by molar-refractivity contribution is 5.57. The lowest BCUT2D eigenvalue weighted by Crippen LogP contribution is -2.47. The molecule has 1 N–H and O–H groups in total. The standard InChI is InChI=1S/C22H26N6O/c1-3-29-20-9-7-18(8-10-20)24-21-16-23-26-22(25-21)28-13-11-27(12-14-28)19-6-4-5-17(2)15-19/h4-10,15-16H,3,11-14H2,1-2H3,(H,24,25,26). The number of nitrogens with zero attached hydrogens (tertiary/aromatic N) is 5. The van der Waals surface area contributed by atoms with Crippen LogP contribution in [0.15, 0.2) is 54.7 Å². The van der Waals surface area contributed by atoms with E-state index in [1.54, 1.807) is 6.20 Å². The van der Waals surface area contributed by atoms with Gasteiger partial charge in [-0.2, -0.15) is 10.1 Å². The zero-order valence-electron chi connectivity index (χ0n) is 16.9. The molecular weight excluding hydrogens is 364 g/mol. The monoisotopic (exact) mass is 390 g/mol. The number of aromatic nitrogens is 3. The molecule has 0 unspecified atom stereocenters. The molecular formula is C22H26N6O. The molecule has 7 nitrogen and oxygen atoms in total. The Balaban J connectivity index is 1.39. The highest BCUT2D eigenvalue weighted by atomic mass is 16.5. The molecule has 0 bridgehead atoms. The summed E-state index contributed by atoms with van der Waals surface area (Å²) in [7, 11) is 0. The Hall–Kier alpha value is -3.35. The van der Waals surface area contributed by atoms with Gasteiger partial charge < -0.3 is 19.9 Å². The Morgan fingerprint density at radius 2 is 1.76 bits per heavy atom. The van der Waals surface area contributed by atoms with Crippen LogP contribution in [0, 0.1) is 6.92 Å². The van der Waals surface area contributed by atoms with Crippen molar-refractivity contribution >= 4 is 23.1 Å². The van der Waals surface area contributed by atoms with Crippen LogP contribution in [0.25, 0.3) is 0 Å². The number of piperazine rings is 1. The third kappa shape index (κ3) is 4.74. The van der Waals surface area contributed by atoms with Crippen LogP contribution >= 0.6 is 0 Å². The van der Waals surface area contributed by atoms with Crippen LogP contribution in [0.3, 0.4) is 0 Å². The number of nitrogens with one attached hydrogen (secondary N) is 1. The van der Waals surface area contributed by atoms with Crippen LogP contribution < -0.4 is 19.9 Å². The third-order valence-electron chi connectivity index (χ3n) is 4.91. The van der Waals surface area contributed by atoms with Crippen molar-refractivity contribution in [2.45, 2.75) is 13.8 Å². The van der Waals surface area contributed by atoms with Crippen molar-refractivity contribution in [1.82, 2.24) is 15.2 Å². The summed E-state index contributed by atoms with van der Waals surface area (Å²) >= 11 is 0. The smallest absolute Gasteiger partial charge is 0.247 e. The van der Waals surface area contributed by atoms with Gasteiger partial charge in [0.1, 0.15) is 5.75 Å². The van der Waals surface area contributed by atoms with Gasteiger partial charge in [-0.25, -0.2) is 0 Å². The van der Waals surface area contributed by atoms with Gasteiger partial charge in [0.05, 0.1) is 12.8 Å². The summed E-state index contributed by atoms with van der Waals surface area (Å²) in [6.45, 7) is 8.35. The first-order chi connectivity index (χ1) is 14.2. The second-order valence-corrected chi connectivity index (χ2v) is 7.04. The van der Waals surface area contributed by atoms with E-state index < -0.39 is 0 Å². The van der Waals surface area contributed by atoms with Gasteiger partial charge >= 0.3 is 0 Å². The number of rotatable bonds is 6. The van der Waals surface area contributed by atoms with Crippen molar-refractivity contribution in [3.63, 3.8) is 0 Å². The average molecular weight is 390 g/mol. The SMILES string of the molecule is CCOc1ccc(Nc2cnnc(N3CCN(c4cccc(C)c4)CC3)n2)cc1. The minimum absolute atomic E-state index is 0.656. The summed E-state index contributed by atoms with van der Waals surface area (Å²) < 4.78 is 5.48. The predicted molar refractivity (Wildman–Crippen MR) is 116 cm³/mol. The van der Waals surface area contributed by atoms with Crippen molar-refractivity contribution in [1.29, 1.82) is 0 Å². The Morgan fingerprint density at radius 1 is 1.00 bits per heavy atom. The van der Waals surface area contributed by atoms with Gasteiger partial charge in [0.2, 0.25) is 5.95 Å². The summed E-state index contributed by atoms with van der Waals surface area (Å²) in [4.78, 5) is 9.24. The predicted octanol–water partition coefficient (Wildman–Crippen LogP) is 3.65. The quantitative estimate of drug-likeness (QED) is 0.689. The molecule has 0 atom stereocenters. The summed E-state index contributed by atoms with van der Waals surface area (Å²) in [6, 6.07) is 16.4. The zero-order valence-corrected chi connectivity index (χ0v) is 16.9. The first-order valence-corrected chi connectivity index (χ1v) is 9.97. The van der Waals surface area contributed by atoms with Crippen molar-refractivity contribution in [2.24, 2.45) is 0 Å². The van der Waals surface area contributed by atoms with Gasteiger partial charge in [-0.1, -0.05) is 12.1 Å². The molecule has 0 amide bonds. The topological polar surface area (TPSA) is 66.4 Å². The third-order valence-corrected chi connectivity index (χ3v) is 4.91. The maximum Gasteiger partial charge on any atom is 0.247 e. The number of hydrogen-bond donors (Lipinski definition) is 1. The van der Waals surface area contributed by atoms with E-state index in [4.69, 9.17) is 4.74 Å². The van der Waals surface area contributed by atoms with Gasteiger partial charge in [0, 0.05) is 37.6 Å². The highest BCUT2D eigenvalue weighted by Gasteiger charge is 2.20. The number of ether oxygens (including phenoxy) is 1. The lowest BCUT2D eigenvalue weighted by Gasteiger charge is -2.36. The second kappa shape index (κ2) is 8.77. The molecule has 1 aliphatic rings. The number of anilines is 4. The van der Waals surface area contributed by atoms with Crippen LogP contribution in [-0.4, -0.2) is 48.0 Å². The van der Waals surface area contributed by atoms with Crippen LogP contribution in [0.2, 0.25) is 0 Å². The summed E-state index contributed by atoms with van der Waals surface area (Å²) in [5, 5.41) is 11.7. The molecule has 150 valence electrons. The molecule has 0 spiro atoms. The molecule has 1 saturated heterocycles. The van der Waals surface area contributed by atoms with E-state index in [-0.39, 0.29) is 0 Å². The van der Waals surface area contributed by atoms with Crippen LogP contribution in [-0.2, 0) is 0 Å². The molecule has 1 aliphatic heterocycles. The second-order valence-electron chi connectivity index (χ2n) is 7.04. The highest BCUT2D eigenvalue weighted by Crippen LogP contribution is 2.22. The molecule has 4 rings (SSSR count). The van der Waals surface area contributed by atoms with E-state index in [1.165, 1.54) is 11.3 Å². The van der Waals surface area contributed by atoms with Gasteiger partial charge in [0.25, 0.3) is 0 Å². The summed E-state index contributed by atoms with van der Waals surface area (Å²) in [5.74, 6) is 2.19. The first-order valence-electron chi connectivity index (χ1n) is 9.97. The van der Waals surface area contributed by atoms with Gasteiger partial charge in [0.15, 0.2) is 5.82 Å². The fraction of sp³-hybridized carbons (Fsp3) is 0.318. The Morgan fingerprint density at radius 3 is 2.48 bits per heavy atom. The van der Waals surface area contributed by atoms with Crippen molar-refractivity contribution in [3.8, 4) is 5.75 Å². The minimum atomic E-state index is 0.656. The average Bonchev–Trinajstić information content (AvgIpc) is 2.76. The van der Waals surface area contributed by atoms with E-state index in [0.717, 1.165) is 37.6 Å². The van der Waals surface area contributed by atoms with Gasteiger partial charge in [-0.15, -0.1) is 5.10 Å². The number of hydrogen-bond acceptors (Lipinski definition) is 7. The molecule has 3 aromatic rings. The van der Waals surface area contributed by atoms with Crippen molar-refractivity contribution in [3.05, 3.63) is 60.3 Å². The maximum absolute atomic E-state index is 5.48. The van der Waals surface area contributed by atoms with E-state index in [9.17, 15) is 0 Å². The molecule has 0 saturated carbocycles. The van der Waals surface area contributed by atoms with E-state index in [0.29, 0.717) is 18.4 Å². The molecule has 2 aromatic carbocycles. The Kier molecular flexibility index (Phi) is 5.74. The van der Waals surface area contributed by atoms with Crippen molar-refractivity contribution < 1.29 is 4.74 Å². The van der Waals surface area contributed by atoms with Gasteiger partial charge in [-0.3, -0.25) is 0 Å².